The Bertz CT molecular complexity index is 2480. The number of pyridine rings is 1. The van der Waals surface area contributed by atoms with Gasteiger partial charge in [0.2, 0.25) is 0 Å². The monoisotopic (exact) mass is 782 g/mol. The minimum absolute atomic E-state index is 0. The summed E-state index contributed by atoms with van der Waals surface area (Å²) in [6.45, 7) is 2.12. The summed E-state index contributed by atoms with van der Waals surface area (Å²) in [5.41, 5.74) is 5.89. The first-order valence-corrected chi connectivity index (χ1v) is 14.7. The van der Waals surface area contributed by atoms with Crippen LogP contribution in [0.2, 0.25) is 0 Å². The minimum Gasteiger partial charge on any atom is -0.501 e. The summed E-state index contributed by atoms with van der Waals surface area (Å²) < 4.78 is 50.1. The Kier molecular flexibility index (Phi) is 6.71. The van der Waals surface area contributed by atoms with Gasteiger partial charge in [0, 0.05) is 51.0 Å². The maximum absolute atomic E-state index is 7.28. The summed E-state index contributed by atoms with van der Waals surface area (Å²) >= 11 is 0. The second-order valence-corrected chi connectivity index (χ2v) is 12.0. The molecular formula is C41H33IrN3O-2. The number of benzene rings is 5. The number of hydrogen-bond acceptors (Lipinski definition) is 4. The van der Waals surface area contributed by atoms with Crippen LogP contribution in [0.25, 0.3) is 66.0 Å². The SMILES string of the molecule is CC(C)(C)c1cc(-c2[c-]ccc3c2oc2cc4c(ccc5ccccc54)cc23)ncn1.[2H]C([2H])([2H])c1c[c-]c(-c2ccc(C([2H])([2H])[2H])cn2)cc1.[Ir]. The number of hydrogen-bond donors (Lipinski definition) is 0. The summed E-state index contributed by atoms with van der Waals surface area (Å²) in [4.78, 5) is 13.1. The number of rotatable bonds is 2. The first-order valence-electron chi connectivity index (χ1n) is 17.7. The number of aryl methyl sites for hydroxylation is 2. The largest absolute Gasteiger partial charge is 0.501 e. The summed E-state index contributed by atoms with van der Waals surface area (Å²) in [7, 11) is 0. The van der Waals surface area contributed by atoms with Crippen molar-refractivity contribution in [3.63, 3.8) is 0 Å². The molecule has 0 spiro atoms. The Balaban J connectivity index is 0.000000193. The van der Waals surface area contributed by atoms with Crippen molar-refractivity contribution in [2.24, 2.45) is 0 Å². The van der Waals surface area contributed by atoms with E-state index in [0.717, 1.165) is 38.9 Å². The van der Waals surface area contributed by atoms with Crippen molar-refractivity contribution in [1.82, 2.24) is 15.0 Å². The van der Waals surface area contributed by atoms with Crippen molar-refractivity contribution in [3.8, 4) is 22.5 Å². The normalized spacial score (nSPS) is 13.9. The van der Waals surface area contributed by atoms with Crippen molar-refractivity contribution < 1.29 is 32.7 Å². The van der Waals surface area contributed by atoms with Crippen molar-refractivity contribution in [3.05, 3.63) is 139 Å². The van der Waals surface area contributed by atoms with Crippen molar-refractivity contribution >= 4 is 43.5 Å². The molecule has 3 aromatic heterocycles. The maximum Gasteiger partial charge on any atom is 0.121 e. The van der Waals surface area contributed by atoms with Crippen molar-refractivity contribution in [1.29, 1.82) is 0 Å². The third-order valence-corrected chi connectivity index (χ3v) is 7.84. The second kappa shape index (κ2) is 12.6. The molecule has 0 bridgehead atoms. The third kappa shape index (κ3) is 6.09. The molecule has 5 heteroatoms. The summed E-state index contributed by atoms with van der Waals surface area (Å²) in [6.07, 6.45) is 2.93. The van der Waals surface area contributed by atoms with E-state index in [1.54, 1.807) is 18.5 Å². The van der Waals surface area contributed by atoms with Gasteiger partial charge in [0.05, 0.1) is 5.58 Å². The molecule has 8 aromatic rings. The Labute approximate surface area is 291 Å². The van der Waals surface area contributed by atoms with Crippen LogP contribution in [-0.4, -0.2) is 15.0 Å². The van der Waals surface area contributed by atoms with Crippen molar-refractivity contribution in [2.45, 2.75) is 39.9 Å². The van der Waals surface area contributed by atoms with Gasteiger partial charge in [0.25, 0.3) is 0 Å². The molecule has 0 fully saturated rings. The van der Waals surface area contributed by atoms with Crippen LogP contribution in [0.3, 0.4) is 0 Å². The summed E-state index contributed by atoms with van der Waals surface area (Å²) in [5, 5.41) is 7.07. The predicted molar refractivity (Wildman–Crippen MR) is 185 cm³/mol. The Morgan fingerprint density at radius 2 is 1.52 bits per heavy atom. The quantitative estimate of drug-likeness (QED) is 0.129. The van der Waals surface area contributed by atoms with Gasteiger partial charge >= 0.3 is 0 Å². The summed E-state index contributed by atoms with van der Waals surface area (Å²) in [5.74, 6) is 0. The van der Waals surface area contributed by atoms with E-state index in [2.05, 4.69) is 102 Å². The molecule has 0 aliphatic heterocycles. The van der Waals surface area contributed by atoms with Crippen LogP contribution in [0.4, 0.5) is 0 Å². The van der Waals surface area contributed by atoms with Crippen LogP contribution in [0.5, 0.6) is 0 Å². The number of aromatic nitrogens is 3. The molecule has 5 aromatic carbocycles. The number of nitrogens with zero attached hydrogens (tertiary/aromatic N) is 3. The van der Waals surface area contributed by atoms with Gasteiger partial charge in [0.1, 0.15) is 11.9 Å². The number of furan rings is 1. The second-order valence-electron chi connectivity index (χ2n) is 12.0. The van der Waals surface area contributed by atoms with Gasteiger partial charge in [-0.15, -0.1) is 53.6 Å². The van der Waals surface area contributed by atoms with Gasteiger partial charge in [-0.1, -0.05) is 93.2 Å². The molecule has 0 saturated heterocycles. The molecule has 229 valence electrons. The first kappa shape index (κ1) is 24.5. The molecule has 0 unspecified atom stereocenters. The van der Waals surface area contributed by atoms with Gasteiger partial charge in [-0.2, -0.15) is 0 Å². The third-order valence-electron chi connectivity index (χ3n) is 7.84. The fraction of sp³-hybridized carbons (Fsp3) is 0.146. The zero-order valence-electron chi connectivity index (χ0n) is 31.5. The van der Waals surface area contributed by atoms with Crippen LogP contribution in [0.1, 0.15) is 45.8 Å². The van der Waals surface area contributed by atoms with E-state index in [-0.39, 0.29) is 36.6 Å². The molecular weight excluding hydrogens is 743 g/mol. The molecule has 0 amide bonds. The van der Waals surface area contributed by atoms with Crippen LogP contribution < -0.4 is 0 Å². The molecule has 46 heavy (non-hydrogen) atoms. The standard InChI is InChI=1S/C28H21N2O.C13H12N.Ir/c1-28(2,3)26-15-24(29-16-30-26)21-10-6-9-20-23-13-18-12-11-17-7-4-5-8-19(17)22(18)14-25(23)31-27(20)21;1-10-3-6-12(7-4-10)13-8-5-11(2)9-14-13;/h4-9,11-16H,1-3H3;3-6,8-9H,1-2H3;/q2*-1;/i;1D3,2D3;. The van der Waals surface area contributed by atoms with Gasteiger partial charge in [-0.3, -0.25) is 4.98 Å². The van der Waals surface area contributed by atoms with E-state index >= 15 is 0 Å². The van der Waals surface area contributed by atoms with E-state index in [0.29, 0.717) is 11.3 Å². The summed E-state index contributed by atoms with van der Waals surface area (Å²) in [6, 6.07) is 37.1. The fourth-order valence-electron chi connectivity index (χ4n) is 5.47. The van der Waals surface area contributed by atoms with Crippen LogP contribution in [0.15, 0.2) is 114 Å². The molecule has 8 rings (SSSR count). The topological polar surface area (TPSA) is 51.8 Å². The predicted octanol–water partition coefficient (Wildman–Crippen LogP) is 10.6. The molecule has 1 radical (unpaired) electrons. The Hall–Kier alpha value is -4.70. The minimum atomic E-state index is -2.18. The van der Waals surface area contributed by atoms with Gasteiger partial charge in [-0.05, 0) is 57.5 Å². The van der Waals surface area contributed by atoms with E-state index in [9.17, 15) is 0 Å². The van der Waals surface area contributed by atoms with Gasteiger partial charge in [0.15, 0.2) is 0 Å². The van der Waals surface area contributed by atoms with Crippen LogP contribution >= 0.6 is 0 Å². The smallest absolute Gasteiger partial charge is 0.121 e. The van der Waals surface area contributed by atoms with E-state index in [1.165, 1.54) is 45.9 Å². The van der Waals surface area contributed by atoms with Crippen molar-refractivity contribution in [2.75, 3.05) is 0 Å². The molecule has 3 heterocycles. The Morgan fingerprint density at radius 3 is 2.28 bits per heavy atom. The molecule has 0 N–H and O–H groups in total. The average Bonchev–Trinajstić information content (AvgIpc) is 3.48. The molecule has 0 aliphatic carbocycles. The van der Waals surface area contributed by atoms with Gasteiger partial charge < -0.3 is 9.40 Å². The average molecular weight is 782 g/mol. The van der Waals surface area contributed by atoms with Crippen LogP contribution in [0, 0.1) is 25.8 Å². The zero-order chi connectivity index (χ0) is 36.1. The Morgan fingerprint density at radius 1 is 0.696 bits per heavy atom. The molecule has 0 saturated carbocycles. The maximum atomic E-state index is 7.28. The van der Waals surface area contributed by atoms with Gasteiger partial charge in [-0.25, -0.2) is 4.98 Å². The molecule has 4 nitrogen and oxygen atoms in total. The molecule has 0 atom stereocenters. The van der Waals surface area contributed by atoms with E-state index in [4.69, 9.17) is 12.6 Å². The van der Waals surface area contributed by atoms with E-state index < -0.39 is 13.7 Å². The zero-order valence-corrected chi connectivity index (χ0v) is 27.9. The fourth-order valence-corrected chi connectivity index (χ4v) is 5.47. The first-order chi connectivity index (χ1) is 24.2. The van der Waals surface area contributed by atoms with Crippen LogP contribution in [-0.2, 0) is 25.5 Å². The molecule has 0 aliphatic rings. The van der Waals surface area contributed by atoms with E-state index in [1.807, 2.05) is 12.1 Å². The number of fused-ring (bicyclic) bond motifs is 6.